The molecule has 0 saturated carbocycles. The fraction of sp³-hybridized carbons (Fsp3) is 0.375. The van der Waals surface area contributed by atoms with Crippen LogP contribution in [-0.4, -0.2) is 86.8 Å². The Balaban J connectivity index is 3.19. The van der Waals surface area contributed by atoms with Crippen LogP contribution in [0.2, 0.25) is 0 Å². The second kappa shape index (κ2) is 10.1. The molecule has 0 saturated heterocycles. The molecule has 1 aromatic carbocycles. The highest BCUT2D eigenvalue weighted by atomic mass is 16.4. The minimum absolute atomic E-state index is 0.164. The first-order chi connectivity index (χ1) is 12.2. The summed E-state index contributed by atoms with van der Waals surface area (Å²) in [6.07, 6.45) is 0. The number of hydrogen-bond acceptors (Lipinski definition) is 6. The maximum absolute atomic E-state index is 11.1. The van der Waals surface area contributed by atoms with Crippen LogP contribution in [0.1, 0.15) is 11.6 Å². The molecule has 0 aliphatic heterocycles. The predicted octanol–water partition coefficient (Wildman–Crippen LogP) is -0.330. The molecule has 1 aromatic rings. The van der Waals surface area contributed by atoms with Gasteiger partial charge in [-0.1, -0.05) is 30.3 Å². The van der Waals surface area contributed by atoms with Gasteiger partial charge in [0, 0.05) is 12.6 Å². The standard InChI is InChI=1S/C16H20N2O8/c19-13(20)7-17(8-14(21)22)6-12(11-4-2-1-3-5-11)18(9-15(23)24)10-16(25)26/h1-5,12H,6-10H2,(H,19,20)(H,21,22)(H,23,24)(H,25,26). The van der Waals surface area contributed by atoms with E-state index < -0.39 is 56.1 Å². The van der Waals surface area contributed by atoms with Crippen LogP contribution in [-0.2, 0) is 19.2 Å². The third kappa shape index (κ3) is 7.73. The Hall–Kier alpha value is -2.98. The van der Waals surface area contributed by atoms with E-state index in [-0.39, 0.29) is 6.54 Å². The van der Waals surface area contributed by atoms with Gasteiger partial charge in [0.15, 0.2) is 0 Å². The Morgan fingerprint density at radius 1 is 0.731 bits per heavy atom. The summed E-state index contributed by atoms with van der Waals surface area (Å²) in [4.78, 5) is 46.5. The molecule has 0 aliphatic rings. The number of hydrogen-bond donors (Lipinski definition) is 4. The van der Waals surface area contributed by atoms with Crippen molar-refractivity contribution in [2.45, 2.75) is 6.04 Å². The van der Waals surface area contributed by atoms with Crippen molar-refractivity contribution in [3.63, 3.8) is 0 Å². The Morgan fingerprint density at radius 2 is 1.15 bits per heavy atom. The SMILES string of the molecule is O=C(O)CN(CC(=O)O)CC(c1ccccc1)N(CC(=O)O)CC(=O)O. The summed E-state index contributed by atoms with van der Waals surface area (Å²) in [5.41, 5.74) is 0.552. The molecule has 0 spiro atoms. The number of carbonyl (C=O) groups is 4. The third-order valence-corrected chi connectivity index (χ3v) is 3.45. The van der Waals surface area contributed by atoms with Crippen LogP contribution in [0, 0.1) is 0 Å². The van der Waals surface area contributed by atoms with Crippen molar-refractivity contribution in [3.8, 4) is 0 Å². The summed E-state index contributed by atoms with van der Waals surface area (Å²) in [6, 6.07) is 7.51. The van der Waals surface area contributed by atoms with Crippen molar-refractivity contribution >= 4 is 23.9 Å². The smallest absolute Gasteiger partial charge is 0.317 e. The molecule has 1 rings (SSSR count). The first-order valence-electron chi connectivity index (χ1n) is 7.57. The number of benzene rings is 1. The van der Waals surface area contributed by atoms with Gasteiger partial charge >= 0.3 is 23.9 Å². The molecule has 0 heterocycles. The summed E-state index contributed by atoms with van der Waals surface area (Å²) in [5, 5.41) is 36.1. The van der Waals surface area contributed by atoms with E-state index in [0.29, 0.717) is 5.56 Å². The number of carboxylic acids is 4. The quantitative estimate of drug-likeness (QED) is 0.385. The van der Waals surface area contributed by atoms with Crippen LogP contribution < -0.4 is 0 Å². The van der Waals surface area contributed by atoms with Crippen LogP contribution in [0.5, 0.6) is 0 Å². The van der Waals surface area contributed by atoms with Crippen molar-refractivity contribution in [2.75, 3.05) is 32.7 Å². The van der Waals surface area contributed by atoms with Crippen LogP contribution in [0.3, 0.4) is 0 Å². The Kier molecular flexibility index (Phi) is 8.19. The van der Waals surface area contributed by atoms with Crippen molar-refractivity contribution in [1.29, 1.82) is 0 Å². The van der Waals surface area contributed by atoms with Gasteiger partial charge in [0.1, 0.15) is 0 Å². The van der Waals surface area contributed by atoms with E-state index in [1.807, 2.05) is 0 Å². The summed E-state index contributed by atoms with van der Waals surface area (Å²) in [6.45, 7) is -2.52. The Bertz CT molecular complexity index is 617. The molecule has 10 heteroatoms. The molecule has 1 atom stereocenters. The van der Waals surface area contributed by atoms with Gasteiger partial charge in [-0.25, -0.2) is 0 Å². The fourth-order valence-corrected chi connectivity index (χ4v) is 2.54. The van der Waals surface area contributed by atoms with Gasteiger partial charge in [0.2, 0.25) is 0 Å². The first kappa shape index (κ1) is 21.1. The van der Waals surface area contributed by atoms with Gasteiger partial charge in [-0.05, 0) is 5.56 Å². The van der Waals surface area contributed by atoms with Gasteiger partial charge in [-0.15, -0.1) is 0 Å². The van der Waals surface area contributed by atoms with Crippen molar-refractivity contribution in [3.05, 3.63) is 35.9 Å². The molecular formula is C16H20N2O8. The van der Waals surface area contributed by atoms with Gasteiger partial charge in [-0.2, -0.15) is 0 Å². The van der Waals surface area contributed by atoms with Crippen LogP contribution >= 0.6 is 0 Å². The maximum atomic E-state index is 11.1. The van der Waals surface area contributed by atoms with E-state index in [4.69, 9.17) is 20.4 Å². The molecule has 4 N–H and O–H groups in total. The maximum Gasteiger partial charge on any atom is 0.317 e. The first-order valence-corrected chi connectivity index (χ1v) is 7.57. The summed E-state index contributed by atoms with van der Waals surface area (Å²) in [5.74, 6) is -5.01. The van der Waals surface area contributed by atoms with Crippen LogP contribution in [0.25, 0.3) is 0 Å². The van der Waals surface area contributed by atoms with Gasteiger partial charge < -0.3 is 20.4 Å². The summed E-state index contributed by atoms with van der Waals surface area (Å²) >= 11 is 0. The van der Waals surface area contributed by atoms with E-state index >= 15 is 0 Å². The van der Waals surface area contributed by atoms with Crippen molar-refractivity contribution in [2.24, 2.45) is 0 Å². The number of aliphatic carboxylic acids is 4. The molecule has 1 unspecified atom stereocenters. The topological polar surface area (TPSA) is 156 Å². The second-order valence-electron chi connectivity index (χ2n) is 5.58. The average molecular weight is 368 g/mol. The molecule has 0 amide bonds. The van der Waals surface area contributed by atoms with Gasteiger partial charge in [0.05, 0.1) is 26.2 Å². The molecule has 0 bridgehead atoms. The van der Waals surface area contributed by atoms with E-state index in [1.165, 1.54) is 0 Å². The lowest BCUT2D eigenvalue weighted by atomic mass is 10.0. The predicted molar refractivity (Wildman–Crippen MR) is 87.7 cm³/mol. The van der Waals surface area contributed by atoms with E-state index in [0.717, 1.165) is 9.80 Å². The van der Waals surface area contributed by atoms with Gasteiger partial charge in [-0.3, -0.25) is 29.0 Å². The van der Waals surface area contributed by atoms with Gasteiger partial charge in [0.25, 0.3) is 0 Å². The Morgan fingerprint density at radius 3 is 1.54 bits per heavy atom. The number of rotatable bonds is 12. The zero-order valence-electron chi connectivity index (χ0n) is 13.8. The lowest BCUT2D eigenvalue weighted by molar-refractivity contribution is -0.146. The van der Waals surface area contributed by atoms with E-state index in [1.54, 1.807) is 30.3 Å². The van der Waals surface area contributed by atoms with Crippen LogP contribution in [0.4, 0.5) is 0 Å². The summed E-state index contributed by atoms with van der Waals surface area (Å²) in [7, 11) is 0. The Labute approximate surface area is 148 Å². The van der Waals surface area contributed by atoms with E-state index in [9.17, 15) is 19.2 Å². The molecule has 0 radical (unpaired) electrons. The van der Waals surface area contributed by atoms with Crippen molar-refractivity contribution in [1.82, 2.24) is 9.80 Å². The summed E-state index contributed by atoms with van der Waals surface area (Å²) < 4.78 is 0. The minimum Gasteiger partial charge on any atom is -0.480 e. The molecule has 142 valence electrons. The third-order valence-electron chi connectivity index (χ3n) is 3.45. The zero-order chi connectivity index (χ0) is 19.7. The molecule has 0 aromatic heterocycles. The van der Waals surface area contributed by atoms with Crippen molar-refractivity contribution < 1.29 is 39.6 Å². The largest absolute Gasteiger partial charge is 0.480 e. The molecule has 0 fully saturated rings. The number of carboxylic acid groups (broad SMARTS) is 4. The zero-order valence-corrected chi connectivity index (χ0v) is 13.8. The highest BCUT2D eigenvalue weighted by Gasteiger charge is 2.28. The van der Waals surface area contributed by atoms with Crippen LogP contribution in [0.15, 0.2) is 30.3 Å². The fourth-order valence-electron chi connectivity index (χ4n) is 2.54. The highest BCUT2D eigenvalue weighted by molar-refractivity contribution is 5.73. The molecule has 26 heavy (non-hydrogen) atoms. The average Bonchev–Trinajstić information content (AvgIpc) is 2.50. The normalized spacial score (nSPS) is 12.1. The lowest BCUT2D eigenvalue weighted by Gasteiger charge is -2.33. The lowest BCUT2D eigenvalue weighted by Crippen LogP contribution is -2.45. The number of nitrogens with zero attached hydrogens (tertiary/aromatic N) is 2. The van der Waals surface area contributed by atoms with E-state index in [2.05, 4.69) is 0 Å². The molecule has 0 aliphatic carbocycles. The monoisotopic (exact) mass is 368 g/mol. The minimum atomic E-state index is -1.25. The second-order valence-corrected chi connectivity index (χ2v) is 5.58. The molecular weight excluding hydrogens is 348 g/mol. The molecule has 10 nitrogen and oxygen atoms in total. The highest BCUT2D eigenvalue weighted by Crippen LogP contribution is 2.22.